The number of nitrogens with zero attached hydrogens (tertiary/aromatic N) is 4. The molecule has 0 aliphatic carbocycles. The molecule has 2 aliphatic heterocycles. The van der Waals surface area contributed by atoms with Crippen LogP contribution < -0.4 is 5.32 Å². The van der Waals surface area contributed by atoms with E-state index in [-0.39, 0.29) is 12.1 Å². The van der Waals surface area contributed by atoms with Crippen molar-refractivity contribution in [3.8, 4) is 5.69 Å². The summed E-state index contributed by atoms with van der Waals surface area (Å²) in [5, 5.41) is 6.85. The van der Waals surface area contributed by atoms with Crippen LogP contribution in [0.2, 0.25) is 0 Å². The van der Waals surface area contributed by atoms with Gasteiger partial charge in [-0.1, -0.05) is 36.4 Å². The molecular formula is C28H29N5OS. The number of rotatable bonds is 6. The molecule has 2 aromatic carbocycles. The second-order valence-corrected chi connectivity index (χ2v) is 9.50. The standard InChI is InChI=1S/C28H29N5OS/c35-28-30-26(24-8-3-4-12-29-24)27(33(28)15-14-31-16-18-34-19-17-31)25-9-5-13-32(25)23-11-10-21-6-1-2-7-22(21)20-23/h1-13,20,26-27H,14-19H2,(H,30,35)/t26-,27+/m0/s1. The maximum atomic E-state index is 5.89. The van der Waals surface area contributed by atoms with Crippen molar-refractivity contribution in [3.05, 3.63) is 96.6 Å². The second-order valence-electron chi connectivity index (χ2n) is 9.11. The molecule has 0 bridgehead atoms. The van der Waals surface area contributed by atoms with Crippen molar-refractivity contribution in [2.75, 3.05) is 39.4 Å². The Hall–Kier alpha value is -3.26. The summed E-state index contributed by atoms with van der Waals surface area (Å²) >= 11 is 5.89. The predicted molar refractivity (Wildman–Crippen MR) is 143 cm³/mol. The van der Waals surface area contributed by atoms with E-state index in [1.807, 2.05) is 18.3 Å². The Morgan fingerprint density at radius 2 is 1.74 bits per heavy atom. The molecule has 7 heteroatoms. The number of hydrogen-bond acceptors (Lipinski definition) is 4. The highest BCUT2D eigenvalue weighted by Crippen LogP contribution is 2.39. The molecule has 2 atom stereocenters. The first-order valence-corrected chi connectivity index (χ1v) is 12.6. The average molecular weight is 484 g/mol. The van der Waals surface area contributed by atoms with Gasteiger partial charge in [0.15, 0.2) is 5.11 Å². The summed E-state index contributed by atoms with van der Waals surface area (Å²) in [5.41, 5.74) is 3.35. The summed E-state index contributed by atoms with van der Waals surface area (Å²) in [5.74, 6) is 0. The van der Waals surface area contributed by atoms with E-state index >= 15 is 0 Å². The minimum atomic E-state index is -0.0255. The molecule has 6 nitrogen and oxygen atoms in total. The zero-order valence-corrected chi connectivity index (χ0v) is 20.4. The lowest BCUT2D eigenvalue weighted by Gasteiger charge is -2.32. The minimum absolute atomic E-state index is 0.0255. The van der Waals surface area contributed by atoms with Gasteiger partial charge < -0.3 is 19.5 Å². The quantitative estimate of drug-likeness (QED) is 0.412. The highest BCUT2D eigenvalue weighted by Gasteiger charge is 2.41. The van der Waals surface area contributed by atoms with Crippen molar-refractivity contribution < 1.29 is 4.74 Å². The molecule has 0 radical (unpaired) electrons. The van der Waals surface area contributed by atoms with Gasteiger partial charge in [0.1, 0.15) is 0 Å². The predicted octanol–water partition coefficient (Wildman–Crippen LogP) is 4.33. The Balaban J connectivity index is 1.38. The van der Waals surface area contributed by atoms with Crippen molar-refractivity contribution in [1.29, 1.82) is 0 Å². The van der Waals surface area contributed by atoms with Gasteiger partial charge in [-0.2, -0.15) is 0 Å². The number of ether oxygens (including phenoxy) is 1. The largest absolute Gasteiger partial charge is 0.379 e. The molecular weight excluding hydrogens is 454 g/mol. The van der Waals surface area contributed by atoms with Gasteiger partial charge in [-0.15, -0.1) is 0 Å². The van der Waals surface area contributed by atoms with Crippen LogP contribution >= 0.6 is 12.2 Å². The van der Waals surface area contributed by atoms with Gasteiger partial charge in [0, 0.05) is 50.0 Å². The monoisotopic (exact) mass is 483 g/mol. The van der Waals surface area contributed by atoms with Crippen LogP contribution in [0.25, 0.3) is 16.5 Å². The van der Waals surface area contributed by atoms with E-state index in [1.165, 1.54) is 16.5 Å². The zero-order chi connectivity index (χ0) is 23.6. The maximum absolute atomic E-state index is 5.89. The Morgan fingerprint density at radius 3 is 2.57 bits per heavy atom. The maximum Gasteiger partial charge on any atom is 0.170 e. The van der Waals surface area contributed by atoms with E-state index in [4.69, 9.17) is 21.9 Å². The molecule has 4 aromatic rings. The first kappa shape index (κ1) is 22.2. The van der Waals surface area contributed by atoms with Crippen LogP contribution in [0.3, 0.4) is 0 Å². The molecule has 0 unspecified atom stereocenters. The summed E-state index contributed by atoms with van der Waals surface area (Å²) in [7, 11) is 0. The lowest BCUT2D eigenvalue weighted by Crippen LogP contribution is -2.42. The van der Waals surface area contributed by atoms with Gasteiger partial charge in [0.05, 0.1) is 31.0 Å². The highest BCUT2D eigenvalue weighted by atomic mass is 32.1. The van der Waals surface area contributed by atoms with Gasteiger partial charge in [-0.3, -0.25) is 9.88 Å². The topological polar surface area (TPSA) is 45.6 Å². The molecule has 2 aromatic heterocycles. The SMILES string of the molecule is S=C1N[C@@H](c2ccccn2)[C@@H](c2cccn2-c2ccc3ccccc3c2)N1CCN1CCOCC1. The van der Waals surface area contributed by atoms with Gasteiger partial charge in [0.25, 0.3) is 0 Å². The fraction of sp³-hybridized carbons (Fsp3) is 0.286. The number of morpholine rings is 1. The summed E-state index contributed by atoms with van der Waals surface area (Å²) in [6, 6.07) is 25.6. The normalized spacial score (nSPS) is 20.9. The first-order valence-electron chi connectivity index (χ1n) is 12.2. The van der Waals surface area contributed by atoms with E-state index < -0.39 is 0 Å². The molecule has 2 fully saturated rings. The van der Waals surface area contributed by atoms with E-state index in [1.54, 1.807) is 0 Å². The number of pyridine rings is 1. The van der Waals surface area contributed by atoms with Crippen LogP contribution in [0.15, 0.2) is 85.2 Å². The molecule has 35 heavy (non-hydrogen) atoms. The minimum Gasteiger partial charge on any atom is -0.379 e. The molecule has 0 amide bonds. The Bertz CT molecular complexity index is 1320. The average Bonchev–Trinajstić information content (AvgIpc) is 3.52. The first-order chi connectivity index (χ1) is 17.3. The Morgan fingerprint density at radius 1 is 0.914 bits per heavy atom. The summed E-state index contributed by atoms with van der Waals surface area (Å²) in [6.07, 6.45) is 4.01. The number of fused-ring (bicyclic) bond motifs is 1. The van der Waals surface area contributed by atoms with Crippen LogP contribution in [0.4, 0.5) is 0 Å². The van der Waals surface area contributed by atoms with Crippen LogP contribution in [0.5, 0.6) is 0 Å². The van der Waals surface area contributed by atoms with Gasteiger partial charge in [-0.25, -0.2) is 0 Å². The van der Waals surface area contributed by atoms with Crippen molar-refractivity contribution in [3.63, 3.8) is 0 Å². The summed E-state index contributed by atoms with van der Waals surface area (Å²) < 4.78 is 7.83. The lowest BCUT2D eigenvalue weighted by atomic mass is 10.0. The van der Waals surface area contributed by atoms with E-state index in [9.17, 15) is 0 Å². The molecule has 0 saturated carbocycles. The molecule has 0 spiro atoms. The third-order valence-corrected chi connectivity index (χ3v) is 7.41. The van der Waals surface area contributed by atoms with Crippen LogP contribution in [-0.4, -0.2) is 63.9 Å². The molecule has 1 N–H and O–H groups in total. The molecule has 178 valence electrons. The van der Waals surface area contributed by atoms with Crippen molar-refractivity contribution in [2.24, 2.45) is 0 Å². The fourth-order valence-corrected chi connectivity index (χ4v) is 5.57. The lowest BCUT2D eigenvalue weighted by molar-refractivity contribution is 0.0349. The fourth-order valence-electron chi connectivity index (χ4n) is 5.24. The smallest absolute Gasteiger partial charge is 0.170 e. The molecule has 2 saturated heterocycles. The Kier molecular flexibility index (Phi) is 6.21. The summed E-state index contributed by atoms with van der Waals surface area (Å²) in [4.78, 5) is 9.50. The third-order valence-electron chi connectivity index (χ3n) is 7.05. The van der Waals surface area contributed by atoms with Gasteiger partial charge in [0.2, 0.25) is 0 Å². The number of benzene rings is 2. The third kappa shape index (κ3) is 4.43. The molecule has 6 rings (SSSR count). The van der Waals surface area contributed by atoms with Crippen molar-refractivity contribution >= 4 is 28.1 Å². The van der Waals surface area contributed by atoms with E-state index in [0.717, 1.165) is 55.9 Å². The van der Waals surface area contributed by atoms with Crippen molar-refractivity contribution in [2.45, 2.75) is 12.1 Å². The molecule has 4 heterocycles. The number of aromatic nitrogens is 2. The van der Waals surface area contributed by atoms with Gasteiger partial charge >= 0.3 is 0 Å². The zero-order valence-electron chi connectivity index (χ0n) is 19.6. The van der Waals surface area contributed by atoms with Crippen LogP contribution in [0.1, 0.15) is 23.5 Å². The highest BCUT2D eigenvalue weighted by molar-refractivity contribution is 7.80. The number of nitrogens with one attached hydrogen (secondary N) is 1. The van der Waals surface area contributed by atoms with Crippen LogP contribution in [-0.2, 0) is 4.74 Å². The molecule has 2 aliphatic rings. The number of hydrogen-bond donors (Lipinski definition) is 1. The second kappa shape index (κ2) is 9.77. The van der Waals surface area contributed by atoms with Gasteiger partial charge in [-0.05, 0) is 59.4 Å². The van der Waals surface area contributed by atoms with E-state index in [2.05, 4.69) is 86.5 Å². The van der Waals surface area contributed by atoms with Crippen molar-refractivity contribution in [1.82, 2.24) is 24.7 Å². The van der Waals surface area contributed by atoms with E-state index in [0.29, 0.717) is 0 Å². The number of thiocarbonyl (C=S) groups is 1. The Labute approximate surface area is 211 Å². The van der Waals surface area contributed by atoms with Crippen LogP contribution in [0, 0.1) is 0 Å². The summed E-state index contributed by atoms with van der Waals surface area (Å²) in [6.45, 7) is 5.34.